The molecule has 0 unspecified atom stereocenters. The largest absolute Gasteiger partial charge is 0.495 e. The van der Waals surface area contributed by atoms with E-state index < -0.39 is 0 Å². The van der Waals surface area contributed by atoms with Crippen LogP contribution in [0.15, 0.2) is 61.1 Å². The molecule has 0 saturated carbocycles. The fourth-order valence-corrected chi connectivity index (χ4v) is 2.53. The van der Waals surface area contributed by atoms with E-state index >= 15 is 0 Å². The zero-order valence-corrected chi connectivity index (χ0v) is 14.8. The van der Waals surface area contributed by atoms with Gasteiger partial charge in [-0.25, -0.2) is 4.98 Å². The quantitative estimate of drug-likeness (QED) is 0.687. The van der Waals surface area contributed by atoms with Crippen LogP contribution in [0, 0.1) is 0 Å². The number of methoxy groups -OCH3 is 1. The Labute approximate surface area is 156 Å². The third kappa shape index (κ3) is 4.49. The highest BCUT2D eigenvalue weighted by atomic mass is 35.5. The van der Waals surface area contributed by atoms with Crippen LogP contribution < -0.4 is 15.4 Å². The van der Waals surface area contributed by atoms with Crippen molar-refractivity contribution >= 4 is 29.0 Å². The second-order valence-electron chi connectivity index (χ2n) is 5.44. The normalized spacial score (nSPS) is 10.2. The van der Waals surface area contributed by atoms with Gasteiger partial charge in [0, 0.05) is 30.8 Å². The van der Waals surface area contributed by atoms with Crippen molar-refractivity contribution in [1.82, 2.24) is 9.97 Å². The Bertz CT molecular complexity index is 886. The molecule has 0 aliphatic rings. The maximum absolute atomic E-state index is 12.3. The van der Waals surface area contributed by atoms with Crippen LogP contribution in [-0.2, 0) is 6.54 Å². The second-order valence-corrected chi connectivity index (χ2v) is 5.85. The molecule has 0 aliphatic carbocycles. The Hall–Kier alpha value is -3.12. The van der Waals surface area contributed by atoms with Gasteiger partial charge in [0.25, 0.3) is 5.91 Å². The van der Waals surface area contributed by atoms with E-state index in [1.54, 1.807) is 42.7 Å². The molecule has 2 N–H and O–H groups in total. The van der Waals surface area contributed by atoms with Crippen molar-refractivity contribution < 1.29 is 9.53 Å². The van der Waals surface area contributed by atoms with E-state index in [1.165, 1.54) is 13.3 Å². The third-order valence-corrected chi connectivity index (χ3v) is 3.95. The Kier molecular flexibility index (Phi) is 5.66. The summed E-state index contributed by atoms with van der Waals surface area (Å²) < 4.78 is 5.09. The summed E-state index contributed by atoms with van der Waals surface area (Å²) in [6.45, 7) is 0.630. The second kappa shape index (κ2) is 8.31. The number of nitrogens with one attached hydrogen (secondary N) is 2. The van der Waals surface area contributed by atoms with Crippen molar-refractivity contribution in [2.75, 3.05) is 17.7 Å². The summed E-state index contributed by atoms with van der Waals surface area (Å²) >= 11 is 6.06. The van der Waals surface area contributed by atoms with Crippen LogP contribution in [0.4, 0.5) is 11.5 Å². The van der Waals surface area contributed by atoms with Gasteiger partial charge in [0.15, 0.2) is 0 Å². The first-order valence-corrected chi connectivity index (χ1v) is 8.27. The molecule has 2 aromatic heterocycles. The molecule has 0 fully saturated rings. The number of hydrogen-bond acceptors (Lipinski definition) is 5. The number of amides is 1. The maximum Gasteiger partial charge on any atom is 0.257 e. The lowest BCUT2D eigenvalue weighted by molar-refractivity contribution is 0.102. The minimum atomic E-state index is -0.264. The lowest BCUT2D eigenvalue weighted by Crippen LogP contribution is -2.12. The molecule has 132 valence electrons. The molecule has 0 aliphatic heterocycles. The van der Waals surface area contributed by atoms with Gasteiger partial charge in [-0.2, -0.15) is 0 Å². The minimum Gasteiger partial charge on any atom is -0.495 e. The zero-order chi connectivity index (χ0) is 18.4. The summed E-state index contributed by atoms with van der Waals surface area (Å²) in [5.74, 6) is 0.973. The van der Waals surface area contributed by atoms with E-state index in [4.69, 9.17) is 16.3 Å². The molecular formula is C19H17ClN4O2. The molecule has 26 heavy (non-hydrogen) atoms. The van der Waals surface area contributed by atoms with Crippen molar-refractivity contribution in [3.63, 3.8) is 0 Å². The van der Waals surface area contributed by atoms with Gasteiger partial charge in [0.2, 0.25) is 0 Å². The van der Waals surface area contributed by atoms with Crippen LogP contribution in [0.25, 0.3) is 0 Å². The fourth-order valence-electron chi connectivity index (χ4n) is 2.27. The van der Waals surface area contributed by atoms with Crippen LogP contribution in [0.5, 0.6) is 5.75 Å². The Morgan fingerprint density at radius 3 is 2.62 bits per heavy atom. The van der Waals surface area contributed by atoms with Crippen molar-refractivity contribution in [2.45, 2.75) is 6.54 Å². The Morgan fingerprint density at radius 2 is 1.96 bits per heavy atom. The lowest BCUT2D eigenvalue weighted by atomic mass is 10.2. The average molecular weight is 369 g/mol. The predicted octanol–water partition coefficient (Wildman–Crippen LogP) is 4.00. The summed E-state index contributed by atoms with van der Waals surface area (Å²) in [5, 5.41) is 6.41. The van der Waals surface area contributed by atoms with Crippen molar-refractivity contribution in [3.8, 4) is 5.75 Å². The summed E-state index contributed by atoms with van der Waals surface area (Å²) in [6.07, 6.45) is 5.00. The molecule has 1 aromatic carbocycles. The molecule has 0 radical (unpaired) electrons. The number of rotatable bonds is 6. The number of anilines is 2. The van der Waals surface area contributed by atoms with E-state index in [-0.39, 0.29) is 5.91 Å². The van der Waals surface area contributed by atoms with Gasteiger partial charge in [-0.15, -0.1) is 0 Å². The van der Waals surface area contributed by atoms with E-state index in [2.05, 4.69) is 20.6 Å². The van der Waals surface area contributed by atoms with Crippen LogP contribution >= 0.6 is 11.6 Å². The van der Waals surface area contributed by atoms with E-state index in [9.17, 15) is 4.79 Å². The zero-order valence-electron chi connectivity index (χ0n) is 14.1. The van der Waals surface area contributed by atoms with Crippen LogP contribution in [0.2, 0.25) is 5.02 Å². The number of nitrogens with zero attached hydrogens (tertiary/aromatic N) is 2. The smallest absolute Gasteiger partial charge is 0.257 e. The van der Waals surface area contributed by atoms with Crippen LogP contribution in [0.1, 0.15) is 15.9 Å². The molecule has 2 heterocycles. The van der Waals surface area contributed by atoms with Crippen molar-refractivity contribution in [2.24, 2.45) is 0 Å². The van der Waals surface area contributed by atoms with Gasteiger partial charge in [-0.3, -0.25) is 9.78 Å². The number of halogens is 1. The summed E-state index contributed by atoms with van der Waals surface area (Å²) in [7, 11) is 1.54. The number of pyridine rings is 2. The average Bonchev–Trinajstić information content (AvgIpc) is 2.68. The molecule has 3 rings (SSSR count). The van der Waals surface area contributed by atoms with Crippen molar-refractivity contribution in [1.29, 1.82) is 0 Å². The highest BCUT2D eigenvalue weighted by Gasteiger charge is 2.09. The van der Waals surface area contributed by atoms with Gasteiger partial charge in [0.05, 0.1) is 17.7 Å². The lowest BCUT2D eigenvalue weighted by Gasteiger charge is -2.09. The van der Waals surface area contributed by atoms with Gasteiger partial charge < -0.3 is 15.4 Å². The highest BCUT2D eigenvalue weighted by Crippen LogP contribution is 2.27. The molecular weight excluding hydrogens is 352 g/mol. The number of aromatic nitrogens is 2. The van der Waals surface area contributed by atoms with E-state index in [0.29, 0.717) is 34.4 Å². The number of carbonyl (C=O) groups is 1. The fraction of sp³-hybridized carbons (Fsp3) is 0.105. The Morgan fingerprint density at radius 1 is 1.15 bits per heavy atom. The number of hydrogen-bond donors (Lipinski definition) is 2. The molecule has 0 saturated heterocycles. The molecule has 7 heteroatoms. The number of benzene rings is 1. The van der Waals surface area contributed by atoms with Gasteiger partial charge in [-0.1, -0.05) is 11.6 Å². The molecule has 6 nitrogen and oxygen atoms in total. The monoisotopic (exact) mass is 368 g/mol. The summed E-state index contributed by atoms with van der Waals surface area (Å²) in [4.78, 5) is 20.6. The summed E-state index contributed by atoms with van der Waals surface area (Å²) in [6, 6.07) is 12.4. The first-order chi connectivity index (χ1) is 12.7. The maximum atomic E-state index is 12.3. The highest BCUT2D eigenvalue weighted by molar-refractivity contribution is 6.32. The number of carbonyl (C=O) groups excluding carboxylic acids is 1. The first-order valence-electron chi connectivity index (χ1n) is 7.89. The molecule has 1 amide bonds. The molecule has 0 bridgehead atoms. The molecule has 0 spiro atoms. The molecule has 3 aromatic rings. The van der Waals surface area contributed by atoms with Crippen LogP contribution in [-0.4, -0.2) is 23.0 Å². The van der Waals surface area contributed by atoms with Crippen LogP contribution in [0.3, 0.4) is 0 Å². The van der Waals surface area contributed by atoms with E-state index in [1.807, 2.05) is 12.1 Å². The molecule has 0 atom stereocenters. The standard InChI is InChI=1S/C19H17ClN4O2/c1-26-17-4-3-15(10-16(17)20)24-19(25)14-2-5-18(23-12-14)22-11-13-6-8-21-9-7-13/h2-10,12H,11H2,1H3,(H,22,23)(H,24,25). The Balaban J connectivity index is 1.60. The third-order valence-electron chi connectivity index (χ3n) is 3.66. The van der Waals surface area contributed by atoms with Gasteiger partial charge >= 0.3 is 0 Å². The first kappa shape index (κ1) is 17.7. The topological polar surface area (TPSA) is 76.1 Å². The van der Waals surface area contributed by atoms with E-state index in [0.717, 1.165) is 5.56 Å². The minimum absolute atomic E-state index is 0.264. The number of ether oxygens (including phenoxy) is 1. The van der Waals surface area contributed by atoms with Gasteiger partial charge in [-0.05, 0) is 48.0 Å². The summed E-state index contributed by atoms with van der Waals surface area (Å²) in [5.41, 5.74) is 2.13. The SMILES string of the molecule is COc1ccc(NC(=O)c2ccc(NCc3ccncc3)nc2)cc1Cl. The predicted molar refractivity (Wildman–Crippen MR) is 102 cm³/mol. The van der Waals surface area contributed by atoms with Crippen molar-refractivity contribution in [3.05, 3.63) is 77.2 Å². The van der Waals surface area contributed by atoms with Gasteiger partial charge in [0.1, 0.15) is 11.6 Å².